The number of carbonyl (C=O) groups excluding carboxylic acids is 1. The van der Waals surface area contributed by atoms with Crippen LogP contribution < -0.4 is 15.4 Å². The Balaban J connectivity index is 1.83. The molecule has 1 aromatic rings. The van der Waals surface area contributed by atoms with E-state index in [-0.39, 0.29) is 11.9 Å². The van der Waals surface area contributed by atoms with Gasteiger partial charge in [-0.25, -0.2) is 0 Å². The molecule has 1 heterocycles. The number of amides is 1. The van der Waals surface area contributed by atoms with Gasteiger partial charge in [-0.15, -0.1) is 0 Å². The van der Waals surface area contributed by atoms with E-state index in [1.54, 1.807) is 6.08 Å². The Labute approximate surface area is 120 Å². The molecule has 0 aliphatic carbocycles. The summed E-state index contributed by atoms with van der Waals surface area (Å²) in [6.07, 6.45) is 5.58. The van der Waals surface area contributed by atoms with Gasteiger partial charge in [-0.3, -0.25) is 4.79 Å². The third-order valence-corrected chi connectivity index (χ3v) is 3.26. The predicted octanol–water partition coefficient (Wildman–Crippen LogP) is 1.97. The van der Waals surface area contributed by atoms with Crippen LogP contribution in [0.1, 0.15) is 25.3 Å². The van der Waals surface area contributed by atoms with Crippen LogP contribution in [0.15, 0.2) is 30.3 Å². The zero-order valence-corrected chi connectivity index (χ0v) is 11.9. The monoisotopic (exact) mass is 274 g/mol. The maximum absolute atomic E-state index is 11.8. The summed E-state index contributed by atoms with van der Waals surface area (Å²) in [5.41, 5.74) is 0.991. The summed E-state index contributed by atoms with van der Waals surface area (Å²) < 4.78 is 5.38. The second-order valence-corrected chi connectivity index (χ2v) is 4.89. The van der Waals surface area contributed by atoms with Crippen LogP contribution >= 0.6 is 0 Å². The van der Waals surface area contributed by atoms with Crippen molar-refractivity contribution in [1.82, 2.24) is 10.6 Å². The molecule has 1 fully saturated rings. The van der Waals surface area contributed by atoms with Crippen LogP contribution in [0.2, 0.25) is 0 Å². The minimum absolute atomic E-state index is 0.0346. The van der Waals surface area contributed by atoms with Crippen LogP contribution in [0.3, 0.4) is 0 Å². The molecule has 1 aliphatic rings. The first-order chi connectivity index (χ1) is 9.78. The molecule has 2 rings (SSSR count). The Morgan fingerprint density at radius 3 is 2.90 bits per heavy atom. The van der Waals surface area contributed by atoms with Crippen molar-refractivity contribution in [1.29, 1.82) is 0 Å². The van der Waals surface area contributed by atoms with Gasteiger partial charge < -0.3 is 15.4 Å². The molecule has 1 saturated heterocycles. The summed E-state index contributed by atoms with van der Waals surface area (Å²) in [5.74, 6) is 0.815. The van der Waals surface area contributed by atoms with Crippen LogP contribution in [0.25, 0.3) is 6.08 Å². The van der Waals surface area contributed by atoms with Gasteiger partial charge >= 0.3 is 0 Å². The van der Waals surface area contributed by atoms with Crippen molar-refractivity contribution in [3.05, 3.63) is 35.9 Å². The average molecular weight is 274 g/mol. The number of piperidine rings is 1. The van der Waals surface area contributed by atoms with Gasteiger partial charge in [-0.2, -0.15) is 0 Å². The second kappa shape index (κ2) is 7.70. The number of benzene rings is 1. The summed E-state index contributed by atoms with van der Waals surface area (Å²) in [7, 11) is 0. The molecule has 0 bridgehead atoms. The van der Waals surface area contributed by atoms with Gasteiger partial charge in [0.05, 0.1) is 6.61 Å². The third-order valence-electron chi connectivity index (χ3n) is 3.26. The van der Waals surface area contributed by atoms with Gasteiger partial charge in [-0.1, -0.05) is 12.1 Å². The van der Waals surface area contributed by atoms with Crippen molar-refractivity contribution < 1.29 is 9.53 Å². The van der Waals surface area contributed by atoms with Gasteiger partial charge in [0.2, 0.25) is 5.91 Å². The number of nitrogens with one attached hydrogen (secondary N) is 2. The molecule has 1 amide bonds. The standard InChI is InChI=1S/C16H22N2O2/c1-2-20-15-8-5-13(6-9-15)7-10-16(19)18-14-4-3-11-17-12-14/h5-10,14,17H,2-4,11-12H2,1H3,(H,18,19)/b10-7+. The highest BCUT2D eigenvalue weighted by molar-refractivity contribution is 5.91. The SMILES string of the molecule is CCOc1ccc(/C=C/C(=O)NC2CCCNC2)cc1. The lowest BCUT2D eigenvalue weighted by atomic mass is 10.1. The molecule has 0 aromatic heterocycles. The lowest BCUT2D eigenvalue weighted by Gasteiger charge is -2.23. The summed E-state index contributed by atoms with van der Waals surface area (Å²) in [6, 6.07) is 7.95. The zero-order valence-electron chi connectivity index (χ0n) is 11.9. The Morgan fingerprint density at radius 2 is 2.25 bits per heavy atom. The van der Waals surface area contributed by atoms with Gasteiger partial charge in [-0.05, 0) is 50.1 Å². The van der Waals surface area contributed by atoms with E-state index in [1.807, 2.05) is 37.3 Å². The minimum atomic E-state index is -0.0346. The van der Waals surface area contributed by atoms with Gasteiger partial charge in [0.25, 0.3) is 0 Å². The zero-order chi connectivity index (χ0) is 14.2. The fraction of sp³-hybridized carbons (Fsp3) is 0.438. The van der Waals surface area contributed by atoms with Crippen molar-refractivity contribution in [3.63, 3.8) is 0 Å². The van der Waals surface area contributed by atoms with E-state index in [2.05, 4.69) is 10.6 Å². The molecular weight excluding hydrogens is 252 g/mol. The Kier molecular flexibility index (Phi) is 5.62. The average Bonchev–Trinajstić information content (AvgIpc) is 2.48. The smallest absolute Gasteiger partial charge is 0.244 e. The maximum atomic E-state index is 11.8. The summed E-state index contributed by atoms with van der Waals surface area (Å²) in [6.45, 7) is 4.53. The predicted molar refractivity (Wildman–Crippen MR) is 80.7 cm³/mol. The number of rotatable bonds is 5. The normalized spacial score (nSPS) is 18.9. The van der Waals surface area contributed by atoms with E-state index < -0.39 is 0 Å². The van der Waals surface area contributed by atoms with E-state index in [1.165, 1.54) is 0 Å². The summed E-state index contributed by atoms with van der Waals surface area (Å²) >= 11 is 0. The van der Waals surface area contributed by atoms with E-state index in [0.717, 1.165) is 37.2 Å². The molecule has 0 radical (unpaired) electrons. The molecule has 4 heteroatoms. The van der Waals surface area contributed by atoms with Gasteiger partial charge in [0.15, 0.2) is 0 Å². The lowest BCUT2D eigenvalue weighted by Crippen LogP contribution is -2.45. The fourth-order valence-electron chi connectivity index (χ4n) is 2.24. The van der Waals surface area contributed by atoms with Crippen molar-refractivity contribution in [3.8, 4) is 5.75 Å². The summed E-state index contributed by atoms with van der Waals surface area (Å²) in [5, 5.41) is 6.29. The van der Waals surface area contributed by atoms with E-state index >= 15 is 0 Å². The van der Waals surface area contributed by atoms with Gasteiger partial charge in [0.1, 0.15) is 5.75 Å². The Hall–Kier alpha value is -1.81. The highest BCUT2D eigenvalue weighted by atomic mass is 16.5. The first-order valence-corrected chi connectivity index (χ1v) is 7.20. The molecule has 0 saturated carbocycles. The van der Waals surface area contributed by atoms with Crippen molar-refractivity contribution in [2.24, 2.45) is 0 Å². The molecule has 1 unspecified atom stereocenters. The van der Waals surface area contributed by atoms with Crippen LogP contribution in [0.5, 0.6) is 5.75 Å². The molecular formula is C16H22N2O2. The molecule has 108 valence electrons. The van der Waals surface area contributed by atoms with Crippen molar-refractivity contribution in [2.45, 2.75) is 25.8 Å². The van der Waals surface area contributed by atoms with E-state index in [4.69, 9.17) is 4.74 Å². The topological polar surface area (TPSA) is 50.4 Å². The number of hydrogen-bond acceptors (Lipinski definition) is 3. The van der Waals surface area contributed by atoms with Crippen molar-refractivity contribution in [2.75, 3.05) is 19.7 Å². The van der Waals surface area contributed by atoms with Crippen molar-refractivity contribution >= 4 is 12.0 Å². The highest BCUT2D eigenvalue weighted by Gasteiger charge is 2.13. The van der Waals surface area contributed by atoms with Crippen LogP contribution in [-0.2, 0) is 4.79 Å². The lowest BCUT2D eigenvalue weighted by molar-refractivity contribution is -0.117. The molecule has 1 aliphatic heterocycles. The molecule has 1 atom stereocenters. The molecule has 20 heavy (non-hydrogen) atoms. The van der Waals surface area contributed by atoms with Crippen LogP contribution in [-0.4, -0.2) is 31.6 Å². The van der Waals surface area contributed by atoms with E-state index in [9.17, 15) is 4.79 Å². The van der Waals surface area contributed by atoms with Crippen LogP contribution in [0.4, 0.5) is 0 Å². The van der Waals surface area contributed by atoms with E-state index in [0.29, 0.717) is 6.61 Å². The molecule has 1 aromatic carbocycles. The Morgan fingerprint density at radius 1 is 1.45 bits per heavy atom. The Bertz CT molecular complexity index is 448. The first kappa shape index (κ1) is 14.6. The summed E-state index contributed by atoms with van der Waals surface area (Å²) in [4.78, 5) is 11.8. The molecule has 4 nitrogen and oxygen atoms in total. The molecule has 2 N–H and O–H groups in total. The second-order valence-electron chi connectivity index (χ2n) is 4.89. The minimum Gasteiger partial charge on any atom is -0.494 e. The highest BCUT2D eigenvalue weighted by Crippen LogP contribution is 2.13. The molecule has 0 spiro atoms. The number of carbonyl (C=O) groups is 1. The third kappa shape index (κ3) is 4.70. The van der Waals surface area contributed by atoms with Gasteiger partial charge in [0, 0.05) is 18.7 Å². The van der Waals surface area contributed by atoms with Crippen LogP contribution in [0, 0.1) is 0 Å². The largest absolute Gasteiger partial charge is 0.494 e. The quantitative estimate of drug-likeness (QED) is 0.807. The number of hydrogen-bond donors (Lipinski definition) is 2. The fourth-order valence-corrected chi connectivity index (χ4v) is 2.24. The number of ether oxygens (including phenoxy) is 1. The first-order valence-electron chi connectivity index (χ1n) is 7.20. The maximum Gasteiger partial charge on any atom is 0.244 e.